The first-order valence-corrected chi connectivity index (χ1v) is 8.34. The van der Waals surface area contributed by atoms with Gasteiger partial charge in [-0.05, 0) is 18.1 Å². The van der Waals surface area contributed by atoms with Crippen LogP contribution in [-0.2, 0) is 19.4 Å². The van der Waals surface area contributed by atoms with Gasteiger partial charge in [0.2, 0.25) is 0 Å². The summed E-state index contributed by atoms with van der Waals surface area (Å²) in [5.74, 6) is -0.972. The van der Waals surface area contributed by atoms with Gasteiger partial charge in [0.05, 0.1) is 10.5 Å². The molecule has 0 aliphatic rings. The van der Waals surface area contributed by atoms with Crippen molar-refractivity contribution < 1.29 is 22.7 Å². The number of sulfone groups is 1. The van der Waals surface area contributed by atoms with Gasteiger partial charge in [0.15, 0.2) is 16.4 Å². The van der Waals surface area contributed by atoms with Crippen molar-refractivity contribution in [2.75, 3.05) is 19.4 Å². The first-order valence-electron chi connectivity index (χ1n) is 6.44. The van der Waals surface area contributed by atoms with E-state index in [4.69, 9.17) is 4.74 Å². The predicted octanol–water partition coefficient (Wildman–Crippen LogP) is 1.02. The molecule has 6 nitrogen and oxygen atoms in total. The van der Waals surface area contributed by atoms with E-state index in [0.29, 0.717) is 6.54 Å². The summed E-state index contributed by atoms with van der Waals surface area (Å²) >= 11 is 0. The monoisotopic (exact) mass is 313 g/mol. The Bertz CT molecular complexity index is 622. The number of benzene rings is 1. The van der Waals surface area contributed by atoms with Crippen LogP contribution in [0.15, 0.2) is 29.2 Å². The Morgan fingerprint density at radius 2 is 1.86 bits per heavy atom. The Morgan fingerprint density at radius 3 is 2.43 bits per heavy atom. The Labute approximate surface area is 124 Å². The summed E-state index contributed by atoms with van der Waals surface area (Å²) in [6.45, 7) is 3.92. The highest BCUT2D eigenvalue weighted by molar-refractivity contribution is 7.90. The molecule has 1 rings (SSSR count). The van der Waals surface area contributed by atoms with Gasteiger partial charge in [-0.2, -0.15) is 0 Å². The number of rotatable bonds is 6. The molecule has 21 heavy (non-hydrogen) atoms. The second kappa shape index (κ2) is 7.21. The van der Waals surface area contributed by atoms with E-state index in [-0.39, 0.29) is 16.4 Å². The number of carbonyl (C=O) groups excluding carboxylic acids is 2. The Hall–Kier alpha value is -1.89. The lowest BCUT2D eigenvalue weighted by atomic mass is 10.2. The smallest absolute Gasteiger partial charge is 0.339 e. The number of esters is 1. The van der Waals surface area contributed by atoms with Gasteiger partial charge < -0.3 is 10.1 Å². The molecule has 0 bridgehead atoms. The van der Waals surface area contributed by atoms with Crippen LogP contribution in [0.25, 0.3) is 0 Å². The quantitative estimate of drug-likeness (QED) is 0.792. The predicted molar refractivity (Wildman–Crippen MR) is 77.7 cm³/mol. The standard InChI is InChI=1S/C14H19NO5S/c1-10(2)8-15-13(16)9-20-14(17)11-6-4-5-7-12(11)21(3,18)19/h4-7,10H,8-9H2,1-3H3,(H,15,16). The zero-order valence-electron chi connectivity index (χ0n) is 12.3. The van der Waals surface area contributed by atoms with E-state index in [0.717, 1.165) is 6.26 Å². The fourth-order valence-corrected chi connectivity index (χ4v) is 2.41. The zero-order chi connectivity index (χ0) is 16.0. The molecule has 0 radical (unpaired) electrons. The minimum Gasteiger partial charge on any atom is -0.452 e. The summed E-state index contributed by atoms with van der Waals surface area (Å²) in [4.78, 5) is 23.2. The first-order chi connectivity index (χ1) is 9.71. The molecule has 0 heterocycles. The SMILES string of the molecule is CC(C)CNC(=O)COC(=O)c1ccccc1S(C)(=O)=O. The fraction of sp³-hybridized carbons (Fsp3) is 0.429. The molecular weight excluding hydrogens is 294 g/mol. The highest BCUT2D eigenvalue weighted by Gasteiger charge is 2.19. The normalized spacial score (nSPS) is 11.2. The van der Waals surface area contributed by atoms with Crippen molar-refractivity contribution in [2.45, 2.75) is 18.7 Å². The molecule has 0 saturated heterocycles. The second-order valence-electron chi connectivity index (χ2n) is 5.04. The van der Waals surface area contributed by atoms with E-state index in [1.165, 1.54) is 24.3 Å². The molecule has 0 unspecified atom stereocenters. The number of hydrogen-bond donors (Lipinski definition) is 1. The van der Waals surface area contributed by atoms with Gasteiger partial charge in [-0.3, -0.25) is 4.79 Å². The summed E-state index contributed by atoms with van der Waals surface area (Å²) in [6, 6.07) is 5.72. The van der Waals surface area contributed by atoms with Crippen LogP contribution in [0.4, 0.5) is 0 Å². The minimum atomic E-state index is -3.54. The molecule has 0 spiro atoms. The van der Waals surface area contributed by atoms with Crippen molar-refractivity contribution in [1.29, 1.82) is 0 Å². The highest BCUT2D eigenvalue weighted by Crippen LogP contribution is 2.16. The van der Waals surface area contributed by atoms with E-state index in [1.54, 1.807) is 0 Å². The third kappa shape index (κ3) is 5.55. The molecule has 1 N–H and O–H groups in total. The summed E-state index contributed by atoms with van der Waals surface area (Å²) in [5.41, 5.74) is -0.0725. The van der Waals surface area contributed by atoms with Gasteiger partial charge in [-0.1, -0.05) is 26.0 Å². The number of amides is 1. The largest absolute Gasteiger partial charge is 0.452 e. The summed E-state index contributed by atoms with van der Waals surface area (Å²) in [5, 5.41) is 2.60. The van der Waals surface area contributed by atoms with Gasteiger partial charge >= 0.3 is 5.97 Å². The minimum absolute atomic E-state index is 0.0725. The van der Waals surface area contributed by atoms with Crippen molar-refractivity contribution in [3.8, 4) is 0 Å². The number of nitrogens with one attached hydrogen (secondary N) is 1. The lowest BCUT2D eigenvalue weighted by molar-refractivity contribution is -0.124. The fourth-order valence-electron chi connectivity index (χ4n) is 1.54. The van der Waals surface area contributed by atoms with Crippen LogP contribution in [0, 0.1) is 5.92 Å². The van der Waals surface area contributed by atoms with Crippen LogP contribution in [0.2, 0.25) is 0 Å². The molecule has 0 aliphatic heterocycles. The van der Waals surface area contributed by atoms with E-state index >= 15 is 0 Å². The van der Waals surface area contributed by atoms with Crippen LogP contribution in [0.3, 0.4) is 0 Å². The molecule has 116 valence electrons. The summed E-state index contributed by atoms with van der Waals surface area (Å²) in [7, 11) is -3.54. The Balaban J connectivity index is 2.71. The van der Waals surface area contributed by atoms with Gasteiger partial charge in [0.25, 0.3) is 5.91 Å². The average molecular weight is 313 g/mol. The third-order valence-electron chi connectivity index (χ3n) is 2.55. The van der Waals surface area contributed by atoms with Crippen molar-refractivity contribution in [3.05, 3.63) is 29.8 Å². The lowest BCUT2D eigenvalue weighted by Gasteiger charge is -2.10. The molecule has 0 aromatic heterocycles. The number of ether oxygens (including phenoxy) is 1. The maximum absolute atomic E-state index is 11.9. The van der Waals surface area contributed by atoms with Crippen LogP contribution in [0.1, 0.15) is 24.2 Å². The highest BCUT2D eigenvalue weighted by atomic mass is 32.2. The first kappa shape index (κ1) is 17.2. The molecule has 7 heteroatoms. The third-order valence-corrected chi connectivity index (χ3v) is 3.70. The Morgan fingerprint density at radius 1 is 1.24 bits per heavy atom. The van der Waals surface area contributed by atoms with E-state index in [1.807, 2.05) is 13.8 Å². The molecule has 1 amide bonds. The van der Waals surface area contributed by atoms with E-state index in [9.17, 15) is 18.0 Å². The average Bonchev–Trinajstić information content (AvgIpc) is 2.41. The van der Waals surface area contributed by atoms with Crippen molar-refractivity contribution >= 4 is 21.7 Å². The topological polar surface area (TPSA) is 89.5 Å². The molecule has 1 aromatic rings. The maximum Gasteiger partial charge on any atom is 0.339 e. The van der Waals surface area contributed by atoms with Crippen molar-refractivity contribution in [1.82, 2.24) is 5.32 Å². The number of carbonyl (C=O) groups is 2. The van der Waals surface area contributed by atoms with Crippen molar-refractivity contribution in [2.24, 2.45) is 5.92 Å². The molecule has 0 fully saturated rings. The molecule has 0 saturated carbocycles. The van der Waals surface area contributed by atoms with Crippen LogP contribution >= 0.6 is 0 Å². The summed E-state index contributed by atoms with van der Waals surface area (Å²) < 4.78 is 28.0. The molecule has 0 aliphatic carbocycles. The van der Waals surface area contributed by atoms with Crippen molar-refractivity contribution in [3.63, 3.8) is 0 Å². The second-order valence-corrected chi connectivity index (χ2v) is 7.03. The van der Waals surface area contributed by atoms with Crippen LogP contribution in [0.5, 0.6) is 0 Å². The zero-order valence-corrected chi connectivity index (χ0v) is 13.1. The number of hydrogen-bond acceptors (Lipinski definition) is 5. The Kier molecular flexibility index (Phi) is 5.90. The molecule has 1 aromatic carbocycles. The van der Waals surface area contributed by atoms with Gasteiger partial charge in [-0.15, -0.1) is 0 Å². The van der Waals surface area contributed by atoms with E-state index in [2.05, 4.69) is 5.32 Å². The van der Waals surface area contributed by atoms with Gasteiger partial charge in [0.1, 0.15) is 0 Å². The molecule has 0 atom stereocenters. The van der Waals surface area contributed by atoms with Gasteiger partial charge in [-0.25, -0.2) is 13.2 Å². The van der Waals surface area contributed by atoms with Crippen LogP contribution < -0.4 is 5.32 Å². The maximum atomic E-state index is 11.9. The van der Waals surface area contributed by atoms with Gasteiger partial charge in [0, 0.05) is 12.8 Å². The van der Waals surface area contributed by atoms with Crippen LogP contribution in [-0.4, -0.2) is 39.7 Å². The van der Waals surface area contributed by atoms with E-state index < -0.39 is 28.3 Å². The summed E-state index contributed by atoms with van der Waals surface area (Å²) in [6.07, 6.45) is 1.01. The molecular formula is C14H19NO5S. The lowest BCUT2D eigenvalue weighted by Crippen LogP contribution is -2.31.